The van der Waals surface area contributed by atoms with E-state index in [1.807, 2.05) is 6.92 Å². The minimum atomic E-state index is -0.528. The number of aliphatic hydroxyl groups excluding tert-OH is 3. The van der Waals surface area contributed by atoms with Crippen LogP contribution in [0.25, 0.3) is 0 Å². The first-order valence-corrected chi connectivity index (χ1v) is 9.01. The maximum atomic E-state index is 11.7. The van der Waals surface area contributed by atoms with Gasteiger partial charge in [-0.05, 0) is 49.4 Å². The average molecular weight is 348 g/mol. The minimum Gasteiger partial charge on any atom is -0.504 e. The van der Waals surface area contributed by atoms with E-state index < -0.39 is 17.5 Å². The summed E-state index contributed by atoms with van der Waals surface area (Å²) in [4.78, 5) is 11.7. The van der Waals surface area contributed by atoms with Gasteiger partial charge in [0.2, 0.25) is 0 Å². The first-order valence-electron chi connectivity index (χ1n) is 9.01. The Morgan fingerprint density at radius 1 is 1.40 bits per heavy atom. The molecular weight excluding hydrogens is 320 g/mol. The van der Waals surface area contributed by atoms with Gasteiger partial charge in [-0.25, -0.2) is 4.79 Å². The first-order chi connectivity index (χ1) is 11.7. The van der Waals surface area contributed by atoms with E-state index in [0.29, 0.717) is 12.8 Å². The third-order valence-electron chi connectivity index (χ3n) is 7.02. The van der Waals surface area contributed by atoms with Gasteiger partial charge in [0.25, 0.3) is 0 Å². The fourth-order valence-electron chi connectivity index (χ4n) is 5.40. The highest BCUT2D eigenvalue weighted by atomic mass is 16.5. The average Bonchev–Trinajstić information content (AvgIpc) is 2.89. The van der Waals surface area contributed by atoms with Crippen LogP contribution in [0.15, 0.2) is 35.8 Å². The molecule has 2 aliphatic carbocycles. The number of aliphatic hydroxyl groups is 3. The topological polar surface area (TPSA) is 87.0 Å². The zero-order chi connectivity index (χ0) is 18.4. The highest BCUT2D eigenvalue weighted by Gasteiger charge is 2.57. The van der Waals surface area contributed by atoms with Crippen molar-refractivity contribution in [1.82, 2.24) is 0 Å². The molecule has 0 aromatic rings. The number of hydrogen-bond donors (Lipinski definition) is 3. The fraction of sp³-hybridized carbons (Fsp3) is 0.650. The Hall–Kier alpha value is -1.59. The molecule has 3 N–H and O–H groups in total. The number of fused-ring (bicyclic) bond motifs is 1. The summed E-state index contributed by atoms with van der Waals surface area (Å²) in [5.74, 6) is -0.340. The molecule has 5 atom stereocenters. The SMILES string of the molecule is C=C1CC[C@@H]2[C@](C)(CO)[C@H](O)CC[C@@]2(C)[C@@H]1C/C=C1\C(=O)OC=C1O. The van der Waals surface area contributed by atoms with Gasteiger partial charge in [0, 0.05) is 5.41 Å². The van der Waals surface area contributed by atoms with Crippen molar-refractivity contribution in [3.8, 4) is 0 Å². The van der Waals surface area contributed by atoms with E-state index in [2.05, 4.69) is 13.5 Å². The highest BCUT2D eigenvalue weighted by molar-refractivity contribution is 5.95. The summed E-state index contributed by atoms with van der Waals surface area (Å²) in [5, 5.41) is 30.3. The van der Waals surface area contributed by atoms with Crippen LogP contribution >= 0.6 is 0 Å². The molecule has 0 radical (unpaired) electrons. The zero-order valence-corrected chi connectivity index (χ0v) is 15.0. The molecule has 2 fully saturated rings. The third kappa shape index (κ3) is 2.74. The van der Waals surface area contributed by atoms with Crippen LogP contribution in [0.5, 0.6) is 0 Å². The lowest BCUT2D eigenvalue weighted by Gasteiger charge is -2.59. The summed E-state index contributed by atoms with van der Waals surface area (Å²) in [7, 11) is 0. The van der Waals surface area contributed by atoms with Gasteiger partial charge in [-0.2, -0.15) is 0 Å². The quantitative estimate of drug-likeness (QED) is 0.415. The summed E-state index contributed by atoms with van der Waals surface area (Å²) in [5.41, 5.74) is 0.722. The Balaban J connectivity index is 1.91. The number of carbonyl (C=O) groups is 1. The van der Waals surface area contributed by atoms with Crippen molar-refractivity contribution in [3.05, 3.63) is 35.8 Å². The van der Waals surface area contributed by atoms with E-state index in [0.717, 1.165) is 31.1 Å². The van der Waals surface area contributed by atoms with Crippen LogP contribution < -0.4 is 0 Å². The van der Waals surface area contributed by atoms with E-state index in [4.69, 9.17) is 4.74 Å². The zero-order valence-electron chi connectivity index (χ0n) is 15.0. The molecule has 0 aromatic carbocycles. The monoisotopic (exact) mass is 348 g/mol. The number of hydrogen-bond acceptors (Lipinski definition) is 5. The van der Waals surface area contributed by atoms with Crippen LogP contribution in [0.3, 0.4) is 0 Å². The Kier molecular flexibility index (Phi) is 4.58. The fourth-order valence-corrected chi connectivity index (χ4v) is 5.40. The van der Waals surface area contributed by atoms with E-state index in [9.17, 15) is 20.1 Å². The van der Waals surface area contributed by atoms with Crippen molar-refractivity contribution in [2.24, 2.45) is 22.7 Å². The van der Waals surface area contributed by atoms with Gasteiger partial charge in [0.05, 0.1) is 12.7 Å². The molecule has 1 aliphatic heterocycles. The summed E-state index contributed by atoms with van der Waals surface area (Å²) in [6, 6.07) is 0. The Morgan fingerprint density at radius 3 is 2.72 bits per heavy atom. The van der Waals surface area contributed by atoms with E-state index >= 15 is 0 Å². The van der Waals surface area contributed by atoms with Gasteiger partial charge in [0.15, 0.2) is 5.76 Å². The second kappa shape index (κ2) is 6.29. The van der Waals surface area contributed by atoms with E-state index in [1.54, 1.807) is 6.08 Å². The third-order valence-corrected chi connectivity index (χ3v) is 7.02. The lowest BCUT2D eigenvalue weighted by atomic mass is 9.46. The van der Waals surface area contributed by atoms with Crippen LogP contribution in [0.4, 0.5) is 0 Å². The molecule has 138 valence electrons. The maximum absolute atomic E-state index is 11.7. The van der Waals surface area contributed by atoms with Crippen molar-refractivity contribution >= 4 is 5.97 Å². The van der Waals surface area contributed by atoms with Crippen molar-refractivity contribution in [2.45, 2.75) is 52.1 Å². The second-order valence-electron chi connectivity index (χ2n) is 8.29. The second-order valence-corrected chi connectivity index (χ2v) is 8.29. The highest BCUT2D eigenvalue weighted by Crippen LogP contribution is 2.61. The standard InChI is InChI=1S/C20H28O5/c1-12-4-7-16-19(2,9-8-17(23)20(16,3)11-21)14(12)6-5-13-15(22)10-25-18(13)24/h5,10,14,16-17,21-23H,1,4,6-9,11H2,2-3H3/b13-5-/t14-,16+,17-,19+,20+/m1/s1. The summed E-state index contributed by atoms with van der Waals surface area (Å²) >= 11 is 0. The number of esters is 1. The smallest absolute Gasteiger partial charge is 0.346 e. The molecule has 25 heavy (non-hydrogen) atoms. The molecule has 0 aromatic heterocycles. The first kappa shape index (κ1) is 18.2. The molecular formula is C20H28O5. The molecule has 0 spiro atoms. The molecule has 2 saturated carbocycles. The lowest BCUT2D eigenvalue weighted by molar-refractivity contribution is -0.151. The lowest BCUT2D eigenvalue weighted by Crippen LogP contribution is -2.57. The van der Waals surface area contributed by atoms with Crippen molar-refractivity contribution < 1.29 is 24.9 Å². The molecule has 3 aliphatic rings. The maximum Gasteiger partial charge on any atom is 0.346 e. The van der Waals surface area contributed by atoms with Crippen molar-refractivity contribution in [1.29, 1.82) is 0 Å². The molecule has 5 heteroatoms. The molecule has 1 heterocycles. The van der Waals surface area contributed by atoms with Gasteiger partial charge >= 0.3 is 5.97 Å². The van der Waals surface area contributed by atoms with E-state index in [-0.39, 0.29) is 35.2 Å². The number of carbonyl (C=O) groups excluding carboxylic acids is 1. The Bertz CT molecular complexity index is 648. The molecule has 0 amide bonds. The number of ether oxygens (including phenoxy) is 1. The number of rotatable bonds is 3. The van der Waals surface area contributed by atoms with Gasteiger partial charge in [-0.1, -0.05) is 32.1 Å². The van der Waals surface area contributed by atoms with Crippen LogP contribution in [0.1, 0.15) is 46.0 Å². The van der Waals surface area contributed by atoms with Gasteiger partial charge in [-0.3, -0.25) is 0 Å². The Labute approximate surface area is 148 Å². The van der Waals surface area contributed by atoms with Crippen molar-refractivity contribution in [3.63, 3.8) is 0 Å². The minimum absolute atomic E-state index is 0.0371. The summed E-state index contributed by atoms with van der Waals surface area (Å²) < 4.78 is 4.73. The normalized spacial score (nSPS) is 43.0. The molecule has 5 nitrogen and oxygen atoms in total. The van der Waals surface area contributed by atoms with Gasteiger partial charge in [0.1, 0.15) is 11.8 Å². The van der Waals surface area contributed by atoms with Gasteiger partial charge in [-0.15, -0.1) is 0 Å². The predicted molar refractivity (Wildman–Crippen MR) is 93.4 cm³/mol. The molecule has 0 unspecified atom stereocenters. The van der Waals surface area contributed by atoms with E-state index in [1.165, 1.54) is 0 Å². The summed E-state index contributed by atoms with van der Waals surface area (Å²) in [6.07, 6.45) is 6.15. The van der Waals surface area contributed by atoms with Crippen LogP contribution in [-0.2, 0) is 9.53 Å². The molecule has 3 rings (SSSR count). The predicted octanol–water partition coefficient (Wildman–Crippen LogP) is 3.00. The number of allylic oxidation sites excluding steroid dienone is 2. The van der Waals surface area contributed by atoms with Crippen LogP contribution in [-0.4, -0.2) is 34.0 Å². The van der Waals surface area contributed by atoms with Crippen LogP contribution in [0, 0.1) is 22.7 Å². The molecule has 0 saturated heterocycles. The largest absolute Gasteiger partial charge is 0.504 e. The number of cyclic esters (lactones) is 1. The molecule has 0 bridgehead atoms. The van der Waals surface area contributed by atoms with Crippen molar-refractivity contribution in [2.75, 3.05) is 6.61 Å². The summed E-state index contributed by atoms with van der Waals surface area (Å²) in [6.45, 7) is 8.42. The van der Waals surface area contributed by atoms with Crippen LogP contribution in [0.2, 0.25) is 0 Å². The van der Waals surface area contributed by atoms with Gasteiger partial charge < -0.3 is 20.1 Å². The Morgan fingerprint density at radius 2 is 2.12 bits per heavy atom.